The zero-order valence-corrected chi connectivity index (χ0v) is 9.01. The van der Waals surface area contributed by atoms with E-state index in [-0.39, 0.29) is 11.2 Å². The van der Waals surface area contributed by atoms with Crippen LogP contribution in [0.5, 0.6) is 0 Å². The summed E-state index contributed by atoms with van der Waals surface area (Å²) in [5.74, 6) is 0. The molecule has 0 aromatic carbocycles. The molecule has 2 nitrogen and oxygen atoms in total. The highest BCUT2D eigenvalue weighted by Gasteiger charge is 2.26. The number of rotatable bonds is 4. The number of hydrogen-bond acceptors (Lipinski definition) is 2. The summed E-state index contributed by atoms with van der Waals surface area (Å²) in [7, 11) is -2.42. The van der Waals surface area contributed by atoms with Crippen molar-refractivity contribution in [2.24, 2.45) is 0 Å². The molecule has 0 amide bonds. The van der Waals surface area contributed by atoms with E-state index in [4.69, 9.17) is 0 Å². The zero-order chi connectivity index (χ0) is 9.61. The van der Waals surface area contributed by atoms with Crippen LogP contribution < -0.4 is 5.32 Å². The fraction of sp³-hybridized carbons (Fsp3) is 0.833. The van der Waals surface area contributed by atoms with Gasteiger partial charge in [-0.05, 0) is 25.2 Å². The van der Waals surface area contributed by atoms with Crippen LogP contribution in [0, 0.1) is 0 Å². The molecule has 0 bridgehead atoms. The largest absolute Gasteiger partial charge is 0.474 e. The monoisotopic (exact) mass is 213 g/mol. The Kier molecular flexibility index (Phi) is 5.31. The van der Waals surface area contributed by atoms with Gasteiger partial charge in [0.2, 0.25) is 0 Å². The van der Waals surface area contributed by atoms with Crippen molar-refractivity contribution in [1.29, 1.82) is 0 Å². The summed E-state index contributed by atoms with van der Waals surface area (Å²) in [6.45, 7) is 1.50. The molecule has 0 heterocycles. The maximum Gasteiger partial charge on any atom is 0.422 e. The summed E-state index contributed by atoms with van der Waals surface area (Å²) in [5.41, 5.74) is 0. The standard InChI is InChI=1S/C6H13F2NOSSi/c1-10-6(11)9-4-3-5-12(2,7)8/h3-5H2,1-2H3,(H,9,11). The molecule has 0 radical (unpaired) electrons. The number of methoxy groups -OCH3 is 1. The molecule has 0 spiro atoms. The second-order valence-corrected chi connectivity index (χ2v) is 5.60. The fourth-order valence-corrected chi connectivity index (χ4v) is 1.56. The molecule has 6 heteroatoms. The molecule has 0 aliphatic rings. The Hall–Kier alpha value is -0.233. The number of hydrogen-bond donors (Lipinski definition) is 1. The molecular formula is C6H13F2NOSSi. The molecule has 0 saturated heterocycles. The van der Waals surface area contributed by atoms with Gasteiger partial charge < -0.3 is 10.1 Å². The van der Waals surface area contributed by atoms with Crippen molar-refractivity contribution in [2.45, 2.75) is 19.0 Å². The van der Waals surface area contributed by atoms with Crippen LogP contribution in [0.2, 0.25) is 12.6 Å². The predicted octanol–water partition coefficient (Wildman–Crippen LogP) is 1.91. The van der Waals surface area contributed by atoms with Gasteiger partial charge in [0.1, 0.15) is 0 Å². The summed E-state index contributed by atoms with van der Waals surface area (Å²) < 4.78 is 29.4. The Balaban J connectivity index is 3.28. The first kappa shape index (κ1) is 11.8. The van der Waals surface area contributed by atoms with Crippen LogP contribution in [0.4, 0.5) is 8.22 Å². The van der Waals surface area contributed by atoms with Gasteiger partial charge in [0.15, 0.2) is 0 Å². The van der Waals surface area contributed by atoms with Crippen molar-refractivity contribution < 1.29 is 13.0 Å². The third-order valence-corrected chi connectivity index (χ3v) is 2.79. The van der Waals surface area contributed by atoms with E-state index >= 15 is 0 Å². The van der Waals surface area contributed by atoms with E-state index in [0.29, 0.717) is 13.0 Å². The summed E-state index contributed by atoms with van der Waals surface area (Å²) in [4.78, 5) is 0. The lowest BCUT2D eigenvalue weighted by Crippen LogP contribution is -2.26. The van der Waals surface area contributed by atoms with E-state index in [2.05, 4.69) is 22.3 Å². The summed E-state index contributed by atoms with van der Waals surface area (Å²) in [6, 6.07) is 0.00628. The molecule has 72 valence electrons. The Bertz CT molecular complexity index is 151. The van der Waals surface area contributed by atoms with Gasteiger partial charge in [-0.25, -0.2) is 0 Å². The lowest BCUT2D eigenvalue weighted by atomic mass is 10.5. The van der Waals surface area contributed by atoms with Crippen molar-refractivity contribution >= 4 is 26.1 Å². The van der Waals surface area contributed by atoms with E-state index in [9.17, 15) is 8.22 Å². The molecule has 0 aromatic heterocycles. The van der Waals surface area contributed by atoms with Gasteiger partial charge >= 0.3 is 8.74 Å². The molecule has 0 saturated carbocycles. The SMILES string of the molecule is COC(=S)NCCC[Si](C)(F)F. The van der Waals surface area contributed by atoms with Crippen molar-refractivity contribution in [3.63, 3.8) is 0 Å². The number of thiocarbonyl (C=S) groups is 1. The minimum Gasteiger partial charge on any atom is -0.474 e. The molecule has 0 aromatic rings. The normalized spacial score (nSPS) is 11.0. The smallest absolute Gasteiger partial charge is 0.422 e. The van der Waals surface area contributed by atoms with Crippen molar-refractivity contribution in [2.75, 3.05) is 13.7 Å². The van der Waals surface area contributed by atoms with Crippen LogP contribution >= 0.6 is 12.2 Å². The summed E-state index contributed by atoms with van der Waals surface area (Å²) >= 11 is 4.65. The van der Waals surface area contributed by atoms with Gasteiger partial charge in [-0.1, -0.05) is 0 Å². The van der Waals surface area contributed by atoms with Gasteiger partial charge in [0, 0.05) is 12.6 Å². The van der Waals surface area contributed by atoms with Crippen LogP contribution in [0.3, 0.4) is 0 Å². The Morgan fingerprint density at radius 2 is 2.17 bits per heavy atom. The second-order valence-electron chi connectivity index (χ2n) is 2.59. The minimum absolute atomic E-state index is 0.00628. The Labute approximate surface area is 77.6 Å². The second kappa shape index (κ2) is 5.42. The molecule has 0 rings (SSSR count). The Morgan fingerprint density at radius 3 is 2.58 bits per heavy atom. The topological polar surface area (TPSA) is 21.3 Å². The number of halogens is 2. The molecular weight excluding hydrogens is 200 g/mol. The molecule has 0 atom stereocenters. The van der Waals surface area contributed by atoms with Crippen molar-refractivity contribution in [3.8, 4) is 0 Å². The maximum absolute atomic E-state index is 12.4. The van der Waals surface area contributed by atoms with Crippen LogP contribution in [0.15, 0.2) is 0 Å². The van der Waals surface area contributed by atoms with Crippen LogP contribution in [0.1, 0.15) is 6.42 Å². The summed E-state index contributed by atoms with van der Waals surface area (Å²) in [6.07, 6.45) is 0.444. The number of nitrogens with one attached hydrogen (secondary N) is 1. The molecule has 12 heavy (non-hydrogen) atoms. The van der Waals surface area contributed by atoms with E-state index in [1.807, 2.05) is 0 Å². The molecule has 0 unspecified atom stereocenters. The molecule has 0 aliphatic heterocycles. The average Bonchev–Trinajstić information content (AvgIpc) is 1.96. The van der Waals surface area contributed by atoms with Crippen LogP contribution in [-0.4, -0.2) is 27.6 Å². The molecule has 0 aliphatic carbocycles. The van der Waals surface area contributed by atoms with E-state index in [1.165, 1.54) is 7.11 Å². The molecule has 0 fully saturated rings. The summed E-state index contributed by atoms with van der Waals surface area (Å²) in [5, 5.41) is 2.96. The van der Waals surface area contributed by atoms with Crippen molar-refractivity contribution in [1.82, 2.24) is 5.32 Å². The van der Waals surface area contributed by atoms with Gasteiger partial charge in [0.25, 0.3) is 5.17 Å². The lowest BCUT2D eigenvalue weighted by molar-refractivity contribution is 0.392. The van der Waals surface area contributed by atoms with Crippen molar-refractivity contribution in [3.05, 3.63) is 0 Å². The van der Waals surface area contributed by atoms with Crippen LogP contribution in [0.25, 0.3) is 0 Å². The van der Waals surface area contributed by atoms with Gasteiger partial charge in [-0.3, -0.25) is 8.22 Å². The molecule has 1 N–H and O–H groups in total. The van der Waals surface area contributed by atoms with E-state index in [1.54, 1.807) is 0 Å². The van der Waals surface area contributed by atoms with E-state index in [0.717, 1.165) is 6.55 Å². The minimum atomic E-state index is -3.86. The fourth-order valence-electron chi connectivity index (χ4n) is 0.661. The first-order valence-electron chi connectivity index (χ1n) is 3.65. The highest BCUT2D eigenvalue weighted by Crippen LogP contribution is 2.13. The Morgan fingerprint density at radius 1 is 1.58 bits per heavy atom. The van der Waals surface area contributed by atoms with Gasteiger partial charge in [0.05, 0.1) is 7.11 Å². The third-order valence-electron chi connectivity index (χ3n) is 1.25. The highest BCUT2D eigenvalue weighted by atomic mass is 32.1. The van der Waals surface area contributed by atoms with Gasteiger partial charge in [-0.2, -0.15) is 0 Å². The maximum atomic E-state index is 12.4. The highest BCUT2D eigenvalue weighted by molar-refractivity contribution is 7.80. The first-order chi connectivity index (χ1) is 5.45. The van der Waals surface area contributed by atoms with Crippen LogP contribution in [-0.2, 0) is 4.74 Å². The van der Waals surface area contributed by atoms with Gasteiger partial charge in [-0.15, -0.1) is 0 Å². The predicted molar refractivity (Wildman–Crippen MR) is 50.9 cm³/mol. The quantitative estimate of drug-likeness (QED) is 0.333. The lowest BCUT2D eigenvalue weighted by Gasteiger charge is -2.07. The third kappa shape index (κ3) is 7.87. The average molecular weight is 213 g/mol. The first-order valence-corrected chi connectivity index (χ1v) is 6.52. The zero-order valence-electron chi connectivity index (χ0n) is 7.19. The number of ether oxygens (including phenoxy) is 1. The van der Waals surface area contributed by atoms with E-state index < -0.39 is 8.74 Å².